The zero-order valence-corrected chi connectivity index (χ0v) is 15.6. The van der Waals surface area contributed by atoms with Gasteiger partial charge in [-0.3, -0.25) is 9.38 Å². The van der Waals surface area contributed by atoms with E-state index in [4.69, 9.17) is 9.97 Å². The predicted molar refractivity (Wildman–Crippen MR) is 118 cm³/mol. The Morgan fingerprint density at radius 3 is 2.57 bits per heavy atom. The molecule has 0 aliphatic rings. The first-order valence-electron chi connectivity index (χ1n) is 9.28. The van der Waals surface area contributed by atoms with Crippen molar-refractivity contribution in [2.75, 3.05) is 0 Å². The van der Waals surface area contributed by atoms with Crippen LogP contribution in [0.5, 0.6) is 0 Å². The molecule has 4 aromatic heterocycles. The maximum absolute atomic E-state index is 4.97. The van der Waals surface area contributed by atoms with E-state index in [1.54, 1.807) is 0 Å². The van der Waals surface area contributed by atoms with Crippen molar-refractivity contribution in [1.29, 1.82) is 0 Å². The van der Waals surface area contributed by atoms with E-state index in [1.807, 2.05) is 29.7 Å². The molecule has 130 valence electrons. The lowest BCUT2D eigenvalue weighted by Gasteiger charge is -2.10. The SMILES string of the molecule is c1ccc2c(c1)nc1c3ncccc3c3ccc4sc5ccccc5c4c3n21. The molecule has 7 aromatic rings. The van der Waals surface area contributed by atoms with E-state index in [9.17, 15) is 0 Å². The molecule has 4 heterocycles. The smallest absolute Gasteiger partial charge is 0.165 e. The van der Waals surface area contributed by atoms with Crippen LogP contribution in [-0.4, -0.2) is 14.4 Å². The van der Waals surface area contributed by atoms with E-state index in [-0.39, 0.29) is 0 Å². The minimum absolute atomic E-state index is 0.923. The van der Waals surface area contributed by atoms with E-state index in [0.717, 1.165) is 27.6 Å². The number of hydrogen-bond donors (Lipinski definition) is 0. The number of aromatic nitrogens is 3. The fraction of sp³-hybridized carbons (Fsp3) is 0. The molecule has 0 bridgehead atoms. The van der Waals surface area contributed by atoms with E-state index in [1.165, 1.54) is 31.1 Å². The molecule has 0 fully saturated rings. The van der Waals surface area contributed by atoms with Gasteiger partial charge in [0.1, 0.15) is 5.52 Å². The van der Waals surface area contributed by atoms with Gasteiger partial charge in [0, 0.05) is 37.1 Å². The zero-order valence-electron chi connectivity index (χ0n) is 14.8. The first kappa shape index (κ1) is 14.5. The number of fused-ring (bicyclic) bond motifs is 12. The first-order valence-corrected chi connectivity index (χ1v) is 10.1. The highest BCUT2D eigenvalue weighted by Gasteiger charge is 2.18. The summed E-state index contributed by atoms with van der Waals surface area (Å²) in [5, 5.41) is 4.97. The van der Waals surface area contributed by atoms with Gasteiger partial charge in [-0.2, -0.15) is 0 Å². The zero-order chi connectivity index (χ0) is 18.2. The minimum Gasteiger partial charge on any atom is -0.290 e. The maximum atomic E-state index is 4.97. The van der Waals surface area contributed by atoms with Crippen LogP contribution in [0.3, 0.4) is 0 Å². The van der Waals surface area contributed by atoms with Gasteiger partial charge in [-0.1, -0.05) is 42.5 Å². The third kappa shape index (κ3) is 1.69. The molecule has 4 heteroatoms. The quantitative estimate of drug-likeness (QED) is 0.281. The maximum Gasteiger partial charge on any atom is 0.165 e. The monoisotopic (exact) mass is 375 g/mol. The van der Waals surface area contributed by atoms with E-state index in [2.05, 4.69) is 65.1 Å². The number of hydrogen-bond acceptors (Lipinski definition) is 3. The van der Waals surface area contributed by atoms with Crippen molar-refractivity contribution >= 4 is 70.0 Å². The highest BCUT2D eigenvalue weighted by Crippen LogP contribution is 2.41. The molecule has 0 aliphatic carbocycles. The van der Waals surface area contributed by atoms with Crippen LogP contribution in [0, 0.1) is 0 Å². The molecular formula is C24H13N3S. The topological polar surface area (TPSA) is 30.2 Å². The number of nitrogens with zero attached hydrogens (tertiary/aromatic N) is 3. The summed E-state index contributed by atoms with van der Waals surface area (Å²) < 4.78 is 4.92. The number of thiophene rings is 1. The second-order valence-corrected chi connectivity index (χ2v) is 8.18. The second kappa shape index (κ2) is 5.06. The van der Waals surface area contributed by atoms with Crippen molar-refractivity contribution in [3.63, 3.8) is 0 Å². The Bertz CT molecular complexity index is 1720. The average molecular weight is 375 g/mol. The molecule has 0 saturated carbocycles. The second-order valence-electron chi connectivity index (χ2n) is 7.09. The van der Waals surface area contributed by atoms with Gasteiger partial charge in [0.05, 0.1) is 16.6 Å². The molecule has 0 unspecified atom stereocenters. The summed E-state index contributed by atoms with van der Waals surface area (Å²) in [7, 11) is 0. The lowest BCUT2D eigenvalue weighted by Crippen LogP contribution is -1.93. The van der Waals surface area contributed by atoms with Crippen LogP contribution in [0.4, 0.5) is 0 Å². The lowest BCUT2D eigenvalue weighted by atomic mass is 10.0. The van der Waals surface area contributed by atoms with Crippen molar-refractivity contribution < 1.29 is 0 Å². The van der Waals surface area contributed by atoms with Crippen LogP contribution in [-0.2, 0) is 0 Å². The molecule has 0 amide bonds. The molecule has 28 heavy (non-hydrogen) atoms. The largest absolute Gasteiger partial charge is 0.290 e. The molecule has 0 radical (unpaired) electrons. The van der Waals surface area contributed by atoms with Crippen molar-refractivity contribution in [2.24, 2.45) is 0 Å². The molecule has 0 aliphatic heterocycles. The Hall–Kier alpha value is -3.50. The van der Waals surface area contributed by atoms with Crippen LogP contribution < -0.4 is 0 Å². The highest BCUT2D eigenvalue weighted by atomic mass is 32.1. The number of pyridine rings is 2. The Morgan fingerprint density at radius 2 is 1.57 bits per heavy atom. The average Bonchev–Trinajstić information content (AvgIpc) is 3.32. The Kier molecular flexibility index (Phi) is 2.63. The van der Waals surface area contributed by atoms with Gasteiger partial charge in [-0.25, -0.2) is 4.98 Å². The van der Waals surface area contributed by atoms with Gasteiger partial charge < -0.3 is 0 Å². The van der Waals surface area contributed by atoms with Gasteiger partial charge in [0.15, 0.2) is 5.65 Å². The van der Waals surface area contributed by atoms with Crippen molar-refractivity contribution in [1.82, 2.24) is 14.4 Å². The fourth-order valence-electron chi connectivity index (χ4n) is 4.46. The Labute approximate surface area is 163 Å². The molecule has 0 saturated heterocycles. The molecule has 3 aromatic carbocycles. The summed E-state index contributed by atoms with van der Waals surface area (Å²) in [6, 6.07) is 25.7. The minimum atomic E-state index is 0.923. The van der Waals surface area contributed by atoms with Gasteiger partial charge in [0.2, 0.25) is 0 Å². The van der Waals surface area contributed by atoms with Crippen molar-refractivity contribution in [3.8, 4) is 0 Å². The van der Waals surface area contributed by atoms with Crippen LogP contribution >= 0.6 is 11.3 Å². The molecule has 0 N–H and O–H groups in total. The third-order valence-corrected chi connectivity index (χ3v) is 6.75. The molecule has 0 spiro atoms. The number of para-hydroxylation sites is 2. The van der Waals surface area contributed by atoms with Gasteiger partial charge in [-0.05, 0) is 30.3 Å². The summed E-state index contributed by atoms with van der Waals surface area (Å²) in [6.45, 7) is 0. The summed E-state index contributed by atoms with van der Waals surface area (Å²) in [5.74, 6) is 0. The van der Waals surface area contributed by atoms with E-state index >= 15 is 0 Å². The normalized spacial score (nSPS) is 12.3. The van der Waals surface area contributed by atoms with E-state index in [0.29, 0.717) is 0 Å². The summed E-state index contributed by atoms with van der Waals surface area (Å²) >= 11 is 1.85. The molecule has 7 rings (SSSR count). The van der Waals surface area contributed by atoms with Gasteiger partial charge in [-0.15, -0.1) is 11.3 Å². The van der Waals surface area contributed by atoms with Crippen LogP contribution in [0.15, 0.2) is 79.0 Å². The standard InChI is InChI=1S/C24H13N3S/c1-4-10-19-16(6-1)21-20(28-19)12-11-15-14-7-5-13-25-22(14)24-26-17-8-2-3-9-18(17)27(24)23(15)21/h1-13H. The number of imidazole rings is 1. The lowest BCUT2D eigenvalue weighted by molar-refractivity contribution is 1.30. The third-order valence-electron chi connectivity index (χ3n) is 5.61. The first-order chi connectivity index (χ1) is 13.9. The van der Waals surface area contributed by atoms with Gasteiger partial charge >= 0.3 is 0 Å². The summed E-state index contributed by atoms with van der Waals surface area (Å²) in [5.41, 5.74) is 5.22. The molecular weight excluding hydrogens is 362 g/mol. The Balaban J connectivity index is 1.94. The van der Waals surface area contributed by atoms with Crippen LogP contribution in [0.25, 0.3) is 58.7 Å². The van der Waals surface area contributed by atoms with Crippen LogP contribution in [0.2, 0.25) is 0 Å². The predicted octanol–water partition coefficient (Wildman–Crippen LogP) is 6.56. The number of benzene rings is 3. The fourth-order valence-corrected chi connectivity index (χ4v) is 5.57. The Morgan fingerprint density at radius 1 is 0.714 bits per heavy atom. The van der Waals surface area contributed by atoms with Crippen molar-refractivity contribution in [3.05, 3.63) is 79.0 Å². The summed E-state index contributed by atoms with van der Waals surface area (Å²) in [6.07, 6.45) is 1.85. The molecule has 0 atom stereocenters. The van der Waals surface area contributed by atoms with E-state index < -0.39 is 0 Å². The molecule has 3 nitrogen and oxygen atoms in total. The van der Waals surface area contributed by atoms with Crippen LogP contribution in [0.1, 0.15) is 0 Å². The van der Waals surface area contributed by atoms with Crippen molar-refractivity contribution in [2.45, 2.75) is 0 Å². The number of rotatable bonds is 0. The highest BCUT2D eigenvalue weighted by molar-refractivity contribution is 7.26. The van der Waals surface area contributed by atoms with Gasteiger partial charge in [0.25, 0.3) is 0 Å². The summed E-state index contributed by atoms with van der Waals surface area (Å²) in [4.78, 5) is 9.67.